The Balaban J connectivity index is 1.79. The Kier molecular flexibility index (Phi) is 9.32. The molecule has 5 heteroatoms. The Labute approximate surface area is 210 Å². The number of rotatable bonds is 12. The van der Waals surface area contributed by atoms with Crippen molar-refractivity contribution in [1.29, 1.82) is 0 Å². The summed E-state index contributed by atoms with van der Waals surface area (Å²) in [5.41, 5.74) is 5.97. The SMILES string of the molecule is C=C(C)Cc1ccc(Cc2ccccc2)cc1C(=O)C(CCCc1ccc(C(=O)O)cc1)S(C)=O. The third-order valence-corrected chi connectivity index (χ3v) is 7.26. The van der Waals surface area contributed by atoms with Gasteiger partial charge in [0.2, 0.25) is 0 Å². The lowest BCUT2D eigenvalue weighted by atomic mass is 9.92. The molecule has 0 bridgehead atoms. The minimum atomic E-state index is -1.32. The molecule has 1 N–H and O–H groups in total. The normalized spacial score (nSPS) is 12.6. The summed E-state index contributed by atoms with van der Waals surface area (Å²) in [7, 11) is -1.32. The third kappa shape index (κ3) is 7.59. The highest BCUT2D eigenvalue weighted by Gasteiger charge is 2.26. The first-order chi connectivity index (χ1) is 16.7. The Bertz CT molecular complexity index is 1210. The second-order valence-electron chi connectivity index (χ2n) is 9.03. The van der Waals surface area contributed by atoms with Crippen molar-refractivity contribution in [1.82, 2.24) is 0 Å². The number of aromatic carboxylic acids is 1. The Morgan fingerprint density at radius 2 is 1.60 bits per heavy atom. The first kappa shape index (κ1) is 26.3. The highest BCUT2D eigenvalue weighted by molar-refractivity contribution is 7.85. The smallest absolute Gasteiger partial charge is 0.335 e. The van der Waals surface area contributed by atoms with Crippen LogP contribution in [0.5, 0.6) is 0 Å². The Hall–Kier alpha value is -3.31. The molecule has 0 aliphatic rings. The zero-order valence-corrected chi connectivity index (χ0v) is 21.1. The topological polar surface area (TPSA) is 71.4 Å². The largest absolute Gasteiger partial charge is 0.478 e. The van der Waals surface area contributed by atoms with Crippen molar-refractivity contribution >= 4 is 22.6 Å². The fourth-order valence-corrected chi connectivity index (χ4v) is 5.13. The van der Waals surface area contributed by atoms with Gasteiger partial charge in [-0.25, -0.2) is 4.79 Å². The van der Waals surface area contributed by atoms with Crippen molar-refractivity contribution < 1.29 is 18.9 Å². The van der Waals surface area contributed by atoms with Crippen molar-refractivity contribution in [2.24, 2.45) is 0 Å². The number of carbonyl (C=O) groups is 2. The molecule has 0 heterocycles. The predicted octanol–water partition coefficient (Wildman–Crippen LogP) is 6.05. The molecule has 0 saturated heterocycles. The average molecular weight is 489 g/mol. The van der Waals surface area contributed by atoms with Crippen LogP contribution in [0.1, 0.15) is 62.7 Å². The van der Waals surface area contributed by atoms with Crippen LogP contribution in [0.2, 0.25) is 0 Å². The van der Waals surface area contributed by atoms with E-state index in [1.165, 1.54) is 5.56 Å². The van der Waals surface area contributed by atoms with Gasteiger partial charge in [0.05, 0.1) is 10.8 Å². The lowest BCUT2D eigenvalue weighted by Gasteiger charge is -2.17. The molecule has 3 rings (SSSR count). The second-order valence-corrected chi connectivity index (χ2v) is 10.6. The Morgan fingerprint density at radius 3 is 2.20 bits per heavy atom. The van der Waals surface area contributed by atoms with Crippen LogP contribution in [0.15, 0.2) is 84.9 Å². The van der Waals surface area contributed by atoms with Gasteiger partial charge in [-0.05, 0) is 79.5 Å². The zero-order chi connectivity index (χ0) is 25.4. The maximum atomic E-state index is 13.7. The first-order valence-electron chi connectivity index (χ1n) is 11.7. The summed E-state index contributed by atoms with van der Waals surface area (Å²) in [6.07, 6.45) is 4.79. The van der Waals surface area contributed by atoms with Crippen molar-refractivity contribution in [3.63, 3.8) is 0 Å². The van der Waals surface area contributed by atoms with E-state index in [-0.39, 0.29) is 11.3 Å². The zero-order valence-electron chi connectivity index (χ0n) is 20.3. The molecule has 0 radical (unpaired) electrons. The van der Waals surface area contributed by atoms with Crippen LogP contribution in [-0.2, 0) is 30.1 Å². The lowest BCUT2D eigenvalue weighted by molar-refractivity contribution is 0.0696. The summed E-state index contributed by atoms with van der Waals surface area (Å²) in [6, 6.07) is 22.9. The van der Waals surface area contributed by atoms with E-state index in [0.29, 0.717) is 31.2 Å². The first-order valence-corrected chi connectivity index (χ1v) is 13.4. The van der Waals surface area contributed by atoms with Crippen molar-refractivity contribution in [2.45, 2.75) is 44.3 Å². The summed E-state index contributed by atoms with van der Waals surface area (Å²) < 4.78 is 12.6. The standard InChI is InChI=1S/C30H32O4S/c1-21(2)18-26-17-14-24(19-23-8-5-4-6-9-23)20-27(26)29(31)28(35(3)34)11-7-10-22-12-15-25(16-13-22)30(32)33/h4-6,8-9,12-17,20,28H,1,7,10-11,18-19H2,2-3H3,(H,32,33). The molecule has 3 aromatic rings. The van der Waals surface area contributed by atoms with Crippen LogP contribution in [0, 0.1) is 0 Å². The maximum Gasteiger partial charge on any atom is 0.335 e. The number of hydrogen-bond acceptors (Lipinski definition) is 3. The molecule has 0 fully saturated rings. The van der Waals surface area contributed by atoms with Crippen LogP contribution < -0.4 is 0 Å². The summed E-state index contributed by atoms with van der Waals surface area (Å²) in [6.45, 7) is 5.95. The third-order valence-electron chi connectivity index (χ3n) is 6.01. The van der Waals surface area contributed by atoms with E-state index in [0.717, 1.165) is 28.7 Å². The molecular formula is C30H32O4S. The van der Waals surface area contributed by atoms with Gasteiger partial charge in [-0.3, -0.25) is 9.00 Å². The highest BCUT2D eigenvalue weighted by Crippen LogP contribution is 2.23. The molecule has 35 heavy (non-hydrogen) atoms. The Morgan fingerprint density at radius 1 is 0.943 bits per heavy atom. The second kappa shape index (κ2) is 12.4. The molecule has 2 atom stereocenters. The number of carboxylic acids is 1. The van der Waals surface area contributed by atoms with Crippen LogP contribution in [-0.4, -0.2) is 32.6 Å². The minimum Gasteiger partial charge on any atom is -0.478 e. The van der Waals surface area contributed by atoms with Gasteiger partial charge in [0.15, 0.2) is 5.78 Å². The molecule has 0 aromatic heterocycles. The summed E-state index contributed by atoms with van der Waals surface area (Å²) >= 11 is 0. The van der Waals surface area contributed by atoms with Crippen LogP contribution in [0.25, 0.3) is 0 Å². The fraction of sp³-hybridized carbons (Fsp3) is 0.267. The summed E-state index contributed by atoms with van der Waals surface area (Å²) in [5, 5.41) is 8.46. The quantitative estimate of drug-likeness (QED) is 0.249. The molecule has 4 nitrogen and oxygen atoms in total. The van der Waals surface area contributed by atoms with Crippen LogP contribution >= 0.6 is 0 Å². The number of carbonyl (C=O) groups excluding carboxylic acids is 1. The molecule has 0 spiro atoms. The number of benzene rings is 3. The molecule has 0 amide bonds. The lowest BCUT2D eigenvalue weighted by Crippen LogP contribution is -2.27. The number of allylic oxidation sites excluding steroid dienone is 1. The van der Waals surface area contributed by atoms with E-state index in [9.17, 15) is 13.8 Å². The van der Waals surface area contributed by atoms with Gasteiger partial charge >= 0.3 is 5.97 Å². The van der Waals surface area contributed by atoms with Crippen LogP contribution in [0.4, 0.5) is 0 Å². The van der Waals surface area contributed by atoms with E-state index in [4.69, 9.17) is 5.11 Å². The van der Waals surface area contributed by atoms with Gasteiger partial charge < -0.3 is 5.11 Å². The van der Waals surface area contributed by atoms with E-state index in [1.807, 2.05) is 37.3 Å². The molecule has 3 aromatic carbocycles. The molecule has 0 aliphatic heterocycles. The molecule has 2 unspecified atom stereocenters. The maximum absolute atomic E-state index is 13.7. The van der Waals surface area contributed by atoms with E-state index in [2.05, 4.69) is 24.8 Å². The van der Waals surface area contributed by atoms with Crippen molar-refractivity contribution in [3.05, 3.63) is 118 Å². The van der Waals surface area contributed by atoms with E-state index < -0.39 is 22.0 Å². The number of aryl methyl sites for hydroxylation is 1. The van der Waals surface area contributed by atoms with E-state index in [1.54, 1.807) is 30.5 Å². The monoisotopic (exact) mass is 488 g/mol. The molecular weight excluding hydrogens is 456 g/mol. The molecule has 0 saturated carbocycles. The van der Waals surface area contributed by atoms with Crippen molar-refractivity contribution in [3.8, 4) is 0 Å². The fourth-order valence-electron chi connectivity index (χ4n) is 4.20. The van der Waals surface area contributed by atoms with Gasteiger partial charge in [0.25, 0.3) is 0 Å². The number of Topliss-reactive ketones (excluding diaryl/α,β-unsaturated/α-hetero) is 1. The van der Waals surface area contributed by atoms with Gasteiger partial charge in [-0.15, -0.1) is 0 Å². The number of carboxylic acid groups (broad SMARTS) is 1. The number of ketones is 1. The van der Waals surface area contributed by atoms with Gasteiger partial charge in [-0.2, -0.15) is 0 Å². The van der Waals surface area contributed by atoms with Crippen LogP contribution in [0.3, 0.4) is 0 Å². The molecule has 182 valence electrons. The highest BCUT2D eigenvalue weighted by atomic mass is 32.2. The number of hydrogen-bond donors (Lipinski definition) is 1. The van der Waals surface area contributed by atoms with Gasteiger partial charge in [0.1, 0.15) is 0 Å². The van der Waals surface area contributed by atoms with Crippen molar-refractivity contribution in [2.75, 3.05) is 6.26 Å². The van der Waals surface area contributed by atoms with Gasteiger partial charge in [-0.1, -0.05) is 66.7 Å². The minimum absolute atomic E-state index is 0.0850. The summed E-state index contributed by atoms with van der Waals surface area (Å²) in [5.74, 6) is -1.04. The summed E-state index contributed by atoms with van der Waals surface area (Å²) in [4.78, 5) is 24.7. The van der Waals surface area contributed by atoms with E-state index >= 15 is 0 Å². The van der Waals surface area contributed by atoms with Gasteiger partial charge in [0, 0.05) is 22.6 Å². The predicted molar refractivity (Wildman–Crippen MR) is 143 cm³/mol. The molecule has 0 aliphatic carbocycles. The average Bonchev–Trinajstić information content (AvgIpc) is 2.83.